The molecule has 18 heteroatoms. The van der Waals surface area contributed by atoms with Crippen LogP contribution in [-0.2, 0) is 0 Å². The highest BCUT2D eigenvalue weighted by Gasteiger charge is 2.37. The van der Waals surface area contributed by atoms with Gasteiger partial charge in [-0.2, -0.15) is 0 Å². The Hall–Kier alpha value is -4.24. The van der Waals surface area contributed by atoms with Gasteiger partial charge < -0.3 is 20.9 Å². The van der Waals surface area contributed by atoms with Gasteiger partial charge in [-0.25, -0.2) is 19.0 Å². The van der Waals surface area contributed by atoms with Crippen LogP contribution in [0.15, 0.2) is 33.9 Å². The van der Waals surface area contributed by atoms with Crippen LogP contribution in [0.3, 0.4) is 0 Å². The lowest BCUT2D eigenvalue weighted by atomic mass is 9.88. The van der Waals surface area contributed by atoms with Crippen molar-refractivity contribution in [2.24, 2.45) is 11.5 Å². The number of nitrogens with zero attached hydrogens (tertiary/aromatic N) is 4. The number of amides is 4. The van der Waals surface area contributed by atoms with E-state index in [4.69, 9.17) is 67.3 Å². The van der Waals surface area contributed by atoms with Crippen LogP contribution in [0.1, 0.15) is 230 Å². The molecule has 4 rings (SSSR count). The molecule has 0 aliphatic heterocycles. The smallest absolute Gasteiger partial charge is 0.320 e. The van der Waals surface area contributed by atoms with Gasteiger partial charge in [-0.15, -0.1) is 0 Å². The number of unbranched alkanes of at least 4 members (excludes halogenated alkanes) is 26. The average Bonchev–Trinajstić information content (AvgIpc) is 3.89. The number of ether oxygens (including phenoxy) is 2. The molecule has 14 nitrogen and oxygen atoms in total. The number of halogens is 4. The van der Waals surface area contributed by atoms with Crippen molar-refractivity contribution in [2.45, 2.75) is 219 Å². The maximum absolute atomic E-state index is 15.5. The second-order valence-corrected chi connectivity index (χ2v) is 22.1. The standard InChI is InChI=1S/C58H90Cl4N8O6/c1-6-9-12-14-16-18-20-22-24-26-28-30-33-36-67(57(63)73)53-49(55(71)69(65-53)51-45(59)38-42(75-4)39-46(51)60)44(35-32-11-8-3)50-54(66-70(56(50)72)52-47(61)40-43(76-5)41-48(52)62)68(58(64)74)37-34-31-29-27-25-23-21-19-17-15-13-10-7-2/h38-41,44,65-66H,6-37H2,1-5H3,(H2,63,73)(H2,64,74). The Morgan fingerprint density at radius 1 is 0.474 bits per heavy atom. The zero-order chi connectivity index (χ0) is 55.4. The van der Waals surface area contributed by atoms with E-state index < -0.39 is 29.1 Å². The molecule has 2 aromatic heterocycles. The molecule has 4 aromatic rings. The molecule has 0 saturated heterocycles. The van der Waals surface area contributed by atoms with Crippen molar-refractivity contribution in [3.05, 3.63) is 76.2 Å². The van der Waals surface area contributed by atoms with Crippen molar-refractivity contribution in [3.8, 4) is 22.9 Å². The van der Waals surface area contributed by atoms with Gasteiger partial charge in [0.2, 0.25) is 0 Å². The number of urea groups is 2. The number of nitrogens with one attached hydrogen (secondary N) is 2. The third-order valence-electron chi connectivity index (χ3n) is 14.5. The van der Waals surface area contributed by atoms with Crippen molar-refractivity contribution in [1.82, 2.24) is 19.6 Å². The summed E-state index contributed by atoms with van der Waals surface area (Å²) < 4.78 is 13.2. The predicted octanol–water partition coefficient (Wildman–Crippen LogP) is 16.9. The van der Waals surface area contributed by atoms with Gasteiger partial charge in [-0.05, 0) is 19.3 Å². The molecule has 0 unspecified atom stereocenters. The number of rotatable bonds is 40. The van der Waals surface area contributed by atoms with Crippen LogP contribution in [0.4, 0.5) is 21.2 Å². The van der Waals surface area contributed by atoms with E-state index in [9.17, 15) is 9.59 Å². The first kappa shape index (κ1) is 64.3. The van der Waals surface area contributed by atoms with E-state index in [1.165, 1.54) is 160 Å². The summed E-state index contributed by atoms with van der Waals surface area (Å²) in [5.41, 5.74) is 11.6. The molecule has 0 atom stereocenters. The second-order valence-electron chi connectivity index (χ2n) is 20.4. The van der Waals surface area contributed by atoms with Crippen LogP contribution in [0.2, 0.25) is 20.1 Å². The Labute approximate surface area is 473 Å². The van der Waals surface area contributed by atoms with Gasteiger partial charge in [-0.3, -0.25) is 29.6 Å². The van der Waals surface area contributed by atoms with Crippen LogP contribution in [0.5, 0.6) is 11.5 Å². The van der Waals surface area contributed by atoms with E-state index in [1.54, 1.807) is 0 Å². The molecule has 0 aliphatic carbocycles. The topological polar surface area (TPSA) is 187 Å². The molecular formula is C58H90Cl4N8O6. The third kappa shape index (κ3) is 19.3. The van der Waals surface area contributed by atoms with Gasteiger partial charge >= 0.3 is 12.1 Å². The number of benzene rings is 2. The summed E-state index contributed by atoms with van der Waals surface area (Å²) in [7, 11) is 2.95. The highest BCUT2D eigenvalue weighted by Crippen LogP contribution is 2.41. The van der Waals surface area contributed by atoms with Gasteiger partial charge in [0.05, 0.1) is 45.4 Å². The first-order chi connectivity index (χ1) is 36.7. The Morgan fingerprint density at radius 3 is 1.00 bits per heavy atom. The zero-order valence-electron chi connectivity index (χ0n) is 46.4. The lowest BCUT2D eigenvalue weighted by Gasteiger charge is -2.25. The largest absolute Gasteiger partial charge is 0.497 e. The predicted molar refractivity (Wildman–Crippen MR) is 317 cm³/mol. The van der Waals surface area contributed by atoms with Gasteiger partial charge in [-0.1, -0.05) is 241 Å². The quantitative estimate of drug-likeness (QED) is 0.0321. The summed E-state index contributed by atoms with van der Waals surface area (Å²) >= 11 is 27.6. The minimum absolute atomic E-state index is 0.0503. The Balaban J connectivity index is 1.81. The van der Waals surface area contributed by atoms with E-state index in [2.05, 4.69) is 31.0 Å². The number of hydrogen-bond acceptors (Lipinski definition) is 6. The molecule has 6 N–H and O–H groups in total. The fourth-order valence-electron chi connectivity index (χ4n) is 10.3. The van der Waals surface area contributed by atoms with Crippen molar-refractivity contribution in [1.29, 1.82) is 0 Å². The molecule has 0 spiro atoms. The number of aromatic amines is 2. The number of primary amides is 2. The van der Waals surface area contributed by atoms with E-state index >= 15 is 9.59 Å². The van der Waals surface area contributed by atoms with Crippen LogP contribution < -0.4 is 41.9 Å². The Kier molecular flexibility index (Phi) is 29.9. The first-order valence-electron chi connectivity index (χ1n) is 28.7. The first-order valence-corrected chi connectivity index (χ1v) is 30.2. The number of hydrogen-bond donors (Lipinski definition) is 4. The van der Waals surface area contributed by atoms with Crippen LogP contribution in [-0.4, -0.2) is 58.9 Å². The van der Waals surface area contributed by atoms with Crippen molar-refractivity contribution < 1.29 is 19.1 Å². The Morgan fingerprint density at radius 2 is 0.737 bits per heavy atom. The minimum atomic E-state index is -1.07. The van der Waals surface area contributed by atoms with Crippen molar-refractivity contribution in [2.75, 3.05) is 37.1 Å². The van der Waals surface area contributed by atoms with E-state index in [0.717, 1.165) is 64.2 Å². The van der Waals surface area contributed by atoms with Gasteiger partial charge in [0.15, 0.2) is 0 Å². The molecule has 0 bridgehead atoms. The van der Waals surface area contributed by atoms with Crippen LogP contribution in [0.25, 0.3) is 11.4 Å². The molecular weight excluding hydrogens is 1050 g/mol. The number of anilines is 2. The monoisotopic (exact) mass is 1130 g/mol. The molecule has 76 heavy (non-hydrogen) atoms. The van der Waals surface area contributed by atoms with Gasteiger partial charge in [0.25, 0.3) is 11.1 Å². The maximum atomic E-state index is 15.5. The SMILES string of the molecule is CCCCCCCCCCCCCCCN(C(N)=O)c1[nH]n(-c2c(Cl)cc(OC)cc2Cl)c(=O)c1C(CCCCC)c1c(N(CCCCCCCCCCCCCCC)C(N)=O)[nH]n(-c2c(Cl)cc(OC)cc2Cl)c1=O. The number of carbonyl (C=O) groups is 2. The lowest BCUT2D eigenvalue weighted by molar-refractivity contribution is 0.252. The van der Waals surface area contributed by atoms with E-state index in [-0.39, 0.29) is 73.7 Å². The molecule has 426 valence electrons. The van der Waals surface area contributed by atoms with Crippen LogP contribution in [0, 0.1) is 0 Å². The number of carbonyl (C=O) groups excluding carboxylic acids is 2. The van der Waals surface area contributed by atoms with Crippen molar-refractivity contribution in [3.63, 3.8) is 0 Å². The molecule has 4 amide bonds. The van der Waals surface area contributed by atoms with E-state index in [0.29, 0.717) is 30.8 Å². The molecule has 0 aliphatic rings. The zero-order valence-corrected chi connectivity index (χ0v) is 49.4. The van der Waals surface area contributed by atoms with E-state index in [1.807, 2.05) is 0 Å². The maximum Gasteiger partial charge on any atom is 0.320 e. The highest BCUT2D eigenvalue weighted by molar-refractivity contribution is 6.38. The number of nitrogens with two attached hydrogens (primary N) is 2. The highest BCUT2D eigenvalue weighted by atomic mass is 35.5. The summed E-state index contributed by atoms with van der Waals surface area (Å²) in [4.78, 5) is 61.4. The second kappa shape index (κ2) is 35.3. The summed E-state index contributed by atoms with van der Waals surface area (Å²) in [6.45, 7) is 6.86. The number of methoxy groups -OCH3 is 2. The van der Waals surface area contributed by atoms with Gasteiger partial charge in [0.1, 0.15) is 34.5 Å². The number of H-pyrrole nitrogens is 2. The minimum Gasteiger partial charge on any atom is -0.497 e. The molecule has 2 heterocycles. The summed E-state index contributed by atoms with van der Waals surface area (Å²) in [6.07, 6.45) is 31.9. The molecule has 0 saturated carbocycles. The summed E-state index contributed by atoms with van der Waals surface area (Å²) in [5, 5.41) is 6.71. The normalized spacial score (nSPS) is 11.5. The van der Waals surface area contributed by atoms with Crippen molar-refractivity contribution >= 4 is 70.1 Å². The molecule has 0 radical (unpaired) electrons. The third-order valence-corrected chi connectivity index (χ3v) is 15.7. The number of aromatic nitrogens is 4. The average molecular weight is 1140 g/mol. The van der Waals surface area contributed by atoms with Crippen LogP contribution >= 0.6 is 46.4 Å². The molecule has 2 aromatic carbocycles. The summed E-state index contributed by atoms with van der Waals surface area (Å²) in [6, 6.07) is 4.50. The fraction of sp³-hybridized carbons (Fsp3) is 0.655. The lowest BCUT2D eigenvalue weighted by Crippen LogP contribution is -2.39. The Bertz CT molecular complexity index is 2280. The fourth-order valence-corrected chi connectivity index (χ4v) is 11.5. The molecule has 0 fully saturated rings. The van der Waals surface area contributed by atoms with Gasteiger partial charge in [0, 0.05) is 43.3 Å². The summed E-state index contributed by atoms with van der Waals surface area (Å²) in [5.74, 6) is -0.204.